The highest BCUT2D eigenvalue weighted by Gasteiger charge is 2.52. The minimum atomic E-state index is -1.68. The number of carbonyl (C=O) groups excluding carboxylic acids is 3. The minimum absolute atomic E-state index is 0.0602. The summed E-state index contributed by atoms with van der Waals surface area (Å²) in [4.78, 5) is 36.0. The van der Waals surface area contributed by atoms with Crippen molar-refractivity contribution < 1.29 is 14.4 Å². The van der Waals surface area contributed by atoms with Crippen LogP contribution in [0.5, 0.6) is 0 Å². The molecule has 1 aromatic rings. The smallest absolute Gasteiger partial charge is 0.325 e. The molecule has 1 fully saturated rings. The van der Waals surface area contributed by atoms with E-state index in [4.69, 9.17) is 17.3 Å². The topological polar surface area (TPSA) is 92.5 Å². The van der Waals surface area contributed by atoms with E-state index in [0.717, 1.165) is 10.5 Å². The van der Waals surface area contributed by atoms with Gasteiger partial charge in [0.25, 0.3) is 11.8 Å². The molecule has 1 saturated heterocycles. The molecule has 19 heavy (non-hydrogen) atoms. The first-order valence-electron chi connectivity index (χ1n) is 5.53. The van der Waals surface area contributed by atoms with Gasteiger partial charge in [0.05, 0.1) is 6.54 Å². The fraction of sp³-hybridized carbons (Fsp3) is 0.250. The molecular weight excluding hydrogens is 270 g/mol. The summed E-state index contributed by atoms with van der Waals surface area (Å²) >= 11 is 5.75. The van der Waals surface area contributed by atoms with E-state index in [0.29, 0.717) is 5.02 Å². The van der Waals surface area contributed by atoms with E-state index in [-0.39, 0.29) is 6.54 Å². The number of imide groups is 1. The number of benzene rings is 1. The quantitative estimate of drug-likeness (QED) is 0.629. The van der Waals surface area contributed by atoms with Crippen molar-refractivity contribution in [3.05, 3.63) is 34.9 Å². The Morgan fingerprint density at radius 3 is 2.42 bits per heavy atom. The normalized spacial score (nSPS) is 22.5. The molecule has 1 aliphatic heterocycles. The Bertz CT molecular complexity index is 558. The molecule has 0 spiro atoms. The summed E-state index contributed by atoms with van der Waals surface area (Å²) in [5.41, 5.74) is 4.19. The standard InChI is InChI=1S/C12H12ClN3O3/c1-12(9(14)17)10(18)16(11(19)15-12)6-7-2-4-8(13)5-3-7/h2-5H,6H2,1H3,(H2,14,17)(H,15,19). The van der Waals surface area contributed by atoms with E-state index in [1.54, 1.807) is 24.3 Å². The number of hydrogen-bond donors (Lipinski definition) is 2. The van der Waals surface area contributed by atoms with E-state index in [9.17, 15) is 14.4 Å². The molecule has 1 aromatic carbocycles. The molecule has 0 radical (unpaired) electrons. The van der Waals surface area contributed by atoms with Crippen LogP contribution in [0.15, 0.2) is 24.3 Å². The Morgan fingerprint density at radius 2 is 1.95 bits per heavy atom. The summed E-state index contributed by atoms with van der Waals surface area (Å²) in [7, 11) is 0. The van der Waals surface area contributed by atoms with Crippen LogP contribution in [0.2, 0.25) is 5.02 Å². The van der Waals surface area contributed by atoms with Crippen molar-refractivity contribution in [2.24, 2.45) is 5.73 Å². The summed E-state index contributed by atoms with van der Waals surface area (Å²) in [5.74, 6) is -1.54. The minimum Gasteiger partial charge on any atom is -0.367 e. The molecule has 1 aliphatic rings. The summed E-state index contributed by atoms with van der Waals surface area (Å²) in [6, 6.07) is 6.07. The number of amides is 4. The van der Waals surface area contributed by atoms with Crippen LogP contribution in [0.3, 0.4) is 0 Å². The maximum atomic E-state index is 12.1. The highest BCUT2D eigenvalue weighted by Crippen LogP contribution is 2.20. The fourth-order valence-electron chi connectivity index (χ4n) is 1.78. The lowest BCUT2D eigenvalue weighted by molar-refractivity contribution is -0.137. The summed E-state index contributed by atoms with van der Waals surface area (Å²) in [6.45, 7) is 1.35. The fourth-order valence-corrected chi connectivity index (χ4v) is 1.91. The lowest BCUT2D eigenvalue weighted by atomic mass is 10.0. The van der Waals surface area contributed by atoms with Crippen molar-refractivity contribution in [3.63, 3.8) is 0 Å². The number of urea groups is 1. The molecule has 1 heterocycles. The molecule has 6 nitrogen and oxygen atoms in total. The van der Waals surface area contributed by atoms with Crippen molar-refractivity contribution in [2.75, 3.05) is 0 Å². The Morgan fingerprint density at radius 1 is 1.37 bits per heavy atom. The zero-order valence-corrected chi connectivity index (χ0v) is 10.9. The van der Waals surface area contributed by atoms with Crippen LogP contribution in [-0.2, 0) is 16.1 Å². The van der Waals surface area contributed by atoms with Crippen molar-refractivity contribution >= 4 is 29.4 Å². The second kappa shape index (κ2) is 4.55. The third-order valence-electron chi connectivity index (χ3n) is 3.02. The van der Waals surface area contributed by atoms with E-state index in [2.05, 4.69) is 5.32 Å². The van der Waals surface area contributed by atoms with E-state index in [1.165, 1.54) is 6.92 Å². The highest BCUT2D eigenvalue weighted by molar-refractivity contribution is 6.30. The Hall–Kier alpha value is -2.08. The van der Waals surface area contributed by atoms with Crippen LogP contribution in [0, 0.1) is 0 Å². The molecule has 0 aromatic heterocycles. The third-order valence-corrected chi connectivity index (χ3v) is 3.27. The van der Waals surface area contributed by atoms with Crippen molar-refractivity contribution in [1.29, 1.82) is 0 Å². The van der Waals surface area contributed by atoms with Crippen LogP contribution in [0.25, 0.3) is 0 Å². The number of carbonyl (C=O) groups is 3. The number of rotatable bonds is 3. The first-order chi connectivity index (χ1) is 8.84. The molecule has 0 bridgehead atoms. The van der Waals surface area contributed by atoms with Crippen LogP contribution < -0.4 is 11.1 Å². The lowest BCUT2D eigenvalue weighted by Gasteiger charge is -2.17. The van der Waals surface area contributed by atoms with E-state index >= 15 is 0 Å². The number of halogens is 1. The van der Waals surface area contributed by atoms with Gasteiger partial charge in [0.2, 0.25) is 0 Å². The summed E-state index contributed by atoms with van der Waals surface area (Å²) in [6.07, 6.45) is 0. The average molecular weight is 282 g/mol. The van der Waals surface area contributed by atoms with E-state index < -0.39 is 23.4 Å². The Balaban J connectivity index is 2.22. The Labute approximate surface area is 114 Å². The van der Waals surface area contributed by atoms with Gasteiger partial charge in [0.1, 0.15) is 0 Å². The zero-order chi connectivity index (χ0) is 14.2. The van der Waals surface area contributed by atoms with Gasteiger partial charge in [-0.25, -0.2) is 4.79 Å². The van der Waals surface area contributed by atoms with Gasteiger partial charge >= 0.3 is 6.03 Å². The van der Waals surface area contributed by atoms with Crippen LogP contribution >= 0.6 is 11.6 Å². The predicted octanol–water partition coefficient (Wildman–Crippen LogP) is 0.636. The third kappa shape index (κ3) is 2.26. The largest absolute Gasteiger partial charge is 0.367 e. The van der Waals surface area contributed by atoms with Crippen molar-refractivity contribution in [3.8, 4) is 0 Å². The first kappa shape index (κ1) is 13.4. The van der Waals surface area contributed by atoms with Gasteiger partial charge < -0.3 is 11.1 Å². The predicted molar refractivity (Wildman–Crippen MR) is 68.1 cm³/mol. The van der Waals surface area contributed by atoms with E-state index in [1.807, 2.05) is 0 Å². The summed E-state index contributed by atoms with van der Waals surface area (Å²) in [5, 5.41) is 2.86. The van der Waals surface area contributed by atoms with Crippen molar-refractivity contribution in [1.82, 2.24) is 10.2 Å². The molecule has 3 N–H and O–H groups in total. The monoisotopic (exact) mass is 281 g/mol. The number of nitrogens with two attached hydrogens (primary N) is 1. The first-order valence-corrected chi connectivity index (χ1v) is 5.91. The van der Waals surface area contributed by atoms with Gasteiger partial charge in [0.15, 0.2) is 5.54 Å². The molecule has 1 atom stereocenters. The molecule has 0 aliphatic carbocycles. The number of primary amides is 1. The second-order valence-corrected chi connectivity index (χ2v) is 4.87. The van der Waals surface area contributed by atoms with Gasteiger partial charge in [-0.15, -0.1) is 0 Å². The molecular formula is C12H12ClN3O3. The van der Waals surface area contributed by atoms with Crippen LogP contribution in [0.1, 0.15) is 12.5 Å². The molecule has 100 valence electrons. The lowest BCUT2D eigenvalue weighted by Crippen LogP contribution is -2.54. The highest BCUT2D eigenvalue weighted by atomic mass is 35.5. The van der Waals surface area contributed by atoms with Gasteiger partial charge in [-0.1, -0.05) is 23.7 Å². The second-order valence-electron chi connectivity index (χ2n) is 4.44. The molecule has 2 rings (SSSR count). The SMILES string of the molecule is CC1(C(N)=O)NC(=O)N(Cc2ccc(Cl)cc2)C1=O. The number of hydrogen-bond acceptors (Lipinski definition) is 3. The molecule has 7 heteroatoms. The maximum Gasteiger partial charge on any atom is 0.325 e. The van der Waals surface area contributed by atoms with Crippen LogP contribution in [-0.4, -0.2) is 28.3 Å². The average Bonchev–Trinajstić information content (AvgIpc) is 2.57. The number of nitrogens with zero attached hydrogens (tertiary/aromatic N) is 1. The maximum absolute atomic E-state index is 12.1. The number of nitrogens with one attached hydrogen (secondary N) is 1. The molecule has 4 amide bonds. The Kier molecular flexibility index (Phi) is 3.20. The van der Waals surface area contributed by atoms with Gasteiger partial charge in [0, 0.05) is 5.02 Å². The zero-order valence-electron chi connectivity index (χ0n) is 10.1. The van der Waals surface area contributed by atoms with Crippen molar-refractivity contribution in [2.45, 2.75) is 19.0 Å². The van der Waals surface area contributed by atoms with Gasteiger partial charge in [-0.05, 0) is 24.6 Å². The molecule has 1 unspecified atom stereocenters. The molecule has 0 saturated carbocycles. The summed E-state index contributed by atoms with van der Waals surface area (Å²) < 4.78 is 0. The van der Waals surface area contributed by atoms with Crippen LogP contribution in [0.4, 0.5) is 4.79 Å². The van der Waals surface area contributed by atoms with Gasteiger partial charge in [-0.3, -0.25) is 14.5 Å². The van der Waals surface area contributed by atoms with Gasteiger partial charge in [-0.2, -0.15) is 0 Å².